The van der Waals surface area contributed by atoms with Crippen molar-refractivity contribution in [1.82, 2.24) is 10.2 Å². The fourth-order valence-electron chi connectivity index (χ4n) is 2.39. The number of furan rings is 1. The third kappa shape index (κ3) is 4.45. The summed E-state index contributed by atoms with van der Waals surface area (Å²) < 4.78 is 5.52. The summed E-state index contributed by atoms with van der Waals surface area (Å²) in [6, 6.07) is 13.1. The summed E-state index contributed by atoms with van der Waals surface area (Å²) in [5.41, 5.74) is 2.71. The summed E-state index contributed by atoms with van der Waals surface area (Å²) in [4.78, 5) is 2.17. The van der Waals surface area contributed by atoms with Gasteiger partial charge in [0, 0.05) is 13.1 Å². The van der Waals surface area contributed by atoms with Gasteiger partial charge in [0.1, 0.15) is 5.76 Å². The van der Waals surface area contributed by atoms with Crippen molar-refractivity contribution in [2.24, 2.45) is 0 Å². The molecule has 1 aromatic carbocycles. The van der Waals surface area contributed by atoms with Crippen molar-refractivity contribution < 1.29 is 4.42 Å². The lowest BCUT2D eigenvalue weighted by Gasteiger charge is -2.22. The van der Waals surface area contributed by atoms with E-state index < -0.39 is 0 Å². The number of nitrogens with zero attached hydrogens (tertiary/aromatic N) is 1. The molecule has 2 rings (SSSR count). The number of nitrogens with one attached hydrogen (secondary N) is 1. The van der Waals surface area contributed by atoms with E-state index in [0.29, 0.717) is 5.92 Å². The highest BCUT2D eigenvalue weighted by Gasteiger charge is 2.16. The zero-order valence-electron chi connectivity index (χ0n) is 13.5. The van der Waals surface area contributed by atoms with Crippen LogP contribution in [0.5, 0.6) is 0 Å². The second kappa shape index (κ2) is 7.43. The summed E-state index contributed by atoms with van der Waals surface area (Å²) in [6.07, 6.45) is 1.73. The Morgan fingerprint density at radius 3 is 2.33 bits per heavy atom. The largest absolute Gasteiger partial charge is 0.468 e. The van der Waals surface area contributed by atoms with E-state index >= 15 is 0 Å². The molecule has 0 aliphatic rings. The minimum absolute atomic E-state index is 0.259. The van der Waals surface area contributed by atoms with Crippen molar-refractivity contribution in [2.45, 2.75) is 32.4 Å². The molecular weight excluding hydrogens is 260 g/mol. The summed E-state index contributed by atoms with van der Waals surface area (Å²) >= 11 is 0. The van der Waals surface area contributed by atoms with Crippen molar-refractivity contribution in [2.75, 3.05) is 20.6 Å². The number of hydrogen-bond acceptors (Lipinski definition) is 3. The smallest absolute Gasteiger partial charge is 0.122 e. The van der Waals surface area contributed by atoms with Gasteiger partial charge >= 0.3 is 0 Å². The Morgan fingerprint density at radius 1 is 1.10 bits per heavy atom. The maximum absolute atomic E-state index is 5.52. The fraction of sp³-hybridized carbons (Fsp3) is 0.444. The van der Waals surface area contributed by atoms with E-state index in [1.165, 1.54) is 11.1 Å². The van der Waals surface area contributed by atoms with E-state index in [1.807, 2.05) is 12.1 Å². The van der Waals surface area contributed by atoms with Crippen LogP contribution in [0.1, 0.15) is 42.7 Å². The van der Waals surface area contributed by atoms with Crippen LogP contribution in [0, 0.1) is 0 Å². The number of benzene rings is 1. The van der Waals surface area contributed by atoms with Gasteiger partial charge in [-0.25, -0.2) is 0 Å². The van der Waals surface area contributed by atoms with Gasteiger partial charge in [-0.1, -0.05) is 38.1 Å². The highest BCUT2D eigenvalue weighted by molar-refractivity contribution is 5.24. The van der Waals surface area contributed by atoms with Crippen LogP contribution in [-0.4, -0.2) is 25.5 Å². The molecule has 1 aromatic heterocycles. The molecule has 3 heteroatoms. The lowest BCUT2D eigenvalue weighted by Crippen LogP contribution is -2.30. The molecule has 1 N–H and O–H groups in total. The average molecular weight is 286 g/mol. The first-order chi connectivity index (χ1) is 10.1. The van der Waals surface area contributed by atoms with Crippen LogP contribution >= 0.6 is 0 Å². The molecule has 0 spiro atoms. The Balaban J connectivity index is 1.87. The van der Waals surface area contributed by atoms with Crippen molar-refractivity contribution in [1.29, 1.82) is 0 Å². The standard InChI is InChI=1S/C18H26N2O/c1-14(2)16-9-7-15(8-10-16)12-19-13-17(20(3)4)18-6-5-11-21-18/h5-11,14,17,19H,12-13H2,1-4H3. The molecule has 0 radical (unpaired) electrons. The predicted octanol–water partition coefficient (Wildman–Crippen LogP) is 3.80. The van der Waals surface area contributed by atoms with E-state index in [0.717, 1.165) is 18.8 Å². The SMILES string of the molecule is CC(C)c1ccc(CNCC(c2ccco2)N(C)C)cc1. The maximum atomic E-state index is 5.52. The molecule has 0 saturated heterocycles. The number of hydrogen-bond donors (Lipinski definition) is 1. The second-order valence-electron chi connectivity index (χ2n) is 6.02. The molecule has 2 aromatic rings. The molecule has 1 atom stereocenters. The van der Waals surface area contributed by atoms with Gasteiger partial charge in [-0.15, -0.1) is 0 Å². The summed E-state index contributed by atoms with van der Waals surface area (Å²) in [6.45, 7) is 6.19. The van der Waals surface area contributed by atoms with E-state index in [1.54, 1.807) is 6.26 Å². The topological polar surface area (TPSA) is 28.4 Å². The molecule has 114 valence electrons. The Hall–Kier alpha value is -1.58. The maximum Gasteiger partial charge on any atom is 0.122 e. The lowest BCUT2D eigenvalue weighted by molar-refractivity contribution is 0.250. The Labute approximate surface area is 128 Å². The first kappa shape index (κ1) is 15.8. The molecule has 0 fully saturated rings. The van der Waals surface area contributed by atoms with Crippen molar-refractivity contribution in [3.8, 4) is 0 Å². The van der Waals surface area contributed by atoms with Crippen molar-refractivity contribution >= 4 is 0 Å². The van der Waals surface area contributed by atoms with Crippen LogP contribution in [0.25, 0.3) is 0 Å². The molecule has 0 aliphatic carbocycles. The molecule has 21 heavy (non-hydrogen) atoms. The van der Waals surface area contributed by atoms with Gasteiger partial charge in [-0.05, 0) is 43.3 Å². The Bertz CT molecular complexity index is 515. The lowest BCUT2D eigenvalue weighted by atomic mass is 10.0. The normalized spacial score (nSPS) is 13.0. The number of rotatable bonds is 7. The van der Waals surface area contributed by atoms with Crippen molar-refractivity contribution in [3.05, 3.63) is 59.5 Å². The zero-order chi connectivity index (χ0) is 15.2. The minimum atomic E-state index is 0.259. The fourth-order valence-corrected chi connectivity index (χ4v) is 2.39. The summed E-state index contributed by atoms with van der Waals surface area (Å²) in [5, 5.41) is 3.52. The molecule has 0 bridgehead atoms. The van der Waals surface area contributed by atoms with Gasteiger partial charge in [0.2, 0.25) is 0 Å². The van der Waals surface area contributed by atoms with Crippen LogP contribution in [0.2, 0.25) is 0 Å². The van der Waals surface area contributed by atoms with E-state index in [2.05, 4.69) is 62.4 Å². The Morgan fingerprint density at radius 2 is 1.81 bits per heavy atom. The van der Waals surface area contributed by atoms with Gasteiger partial charge in [0.15, 0.2) is 0 Å². The van der Waals surface area contributed by atoms with Crippen LogP contribution < -0.4 is 5.32 Å². The van der Waals surface area contributed by atoms with Gasteiger partial charge in [-0.2, -0.15) is 0 Å². The highest BCUT2D eigenvalue weighted by Crippen LogP contribution is 2.18. The summed E-state index contributed by atoms with van der Waals surface area (Å²) in [5.74, 6) is 1.59. The van der Waals surface area contributed by atoms with Gasteiger partial charge in [-0.3, -0.25) is 4.90 Å². The third-order valence-corrected chi connectivity index (χ3v) is 3.81. The van der Waals surface area contributed by atoms with Gasteiger partial charge < -0.3 is 9.73 Å². The summed E-state index contributed by atoms with van der Waals surface area (Å²) in [7, 11) is 4.15. The minimum Gasteiger partial charge on any atom is -0.468 e. The van der Waals surface area contributed by atoms with E-state index in [9.17, 15) is 0 Å². The molecule has 1 unspecified atom stereocenters. The van der Waals surface area contributed by atoms with Gasteiger partial charge in [0.25, 0.3) is 0 Å². The first-order valence-electron chi connectivity index (χ1n) is 7.57. The van der Waals surface area contributed by atoms with Crippen LogP contribution in [0.3, 0.4) is 0 Å². The first-order valence-corrected chi connectivity index (χ1v) is 7.57. The van der Waals surface area contributed by atoms with Crippen LogP contribution in [0.4, 0.5) is 0 Å². The molecule has 1 heterocycles. The second-order valence-corrected chi connectivity index (χ2v) is 6.02. The molecule has 0 aliphatic heterocycles. The van der Waals surface area contributed by atoms with E-state index in [-0.39, 0.29) is 6.04 Å². The monoisotopic (exact) mass is 286 g/mol. The highest BCUT2D eigenvalue weighted by atomic mass is 16.3. The van der Waals surface area contributed by atoms with Crippen LogP contribution in [0.15, 0.2) is 47.1 Å². The van der Waals surface area contributed by atoms with E-state index in [4.69, 9.17) is 4.42 Å². The third-order valence-electron chi connectivity index (χ3n) is 3.81. The molecular formula is C18H26N2O. The molecule has 0 amide bonds. The van der Waals surface area contributed by atoms with Gasteiger partial charge in [0.05, 0.1) is 12.3 Å². The molecule has 3 nitrogen and oxygen atoms in total. The predicted molar refractivity (Wildman–Crippen MR) is 87.4 cm³/mol. The number of likely N-dealkylation sites (N-methyl/N-ethyl adjacent to an activating group) is 1. The van der Waals surface area contributed by atoms with Crippen LogP contribution in [-0.2, 0) is 6.54 Å². The average Bonchev–Trinajstić information content (AvgIpc) is 2.97. The van der Waals surface area contributed by atoms with Crippen molar-refractivity contribution in [3.63, 3.8) is 0 Å². The Kier molecular flexibility index (Phi) is 5.59. The zero-order valence-corrected chi connectivity index (χ0v) is 13.5. The quantitative estimate of drug-likeness (QED) is 0.839. The molecule has 0 saturated carbocycles.